The van der Waals surface area contributed by atoms with Gasteiger partial charge in [-0.3, -0.25) is 0 Å². The minimum Gasteiger partial charge on any atom is -0.478 e. The summed E-state index contributed by atoms with van der Waals surface area (Å²) >= 11 is 0. The summed E-state index contributed by atoms with van der Waals surface area (Å²) in [5.41, 5.74) is 2.79. The van der Waals surface area contributed by atoms with Crippen molar-refractivity contribution in [1.82, 2.24) is 14.6 Å². The van der Waals surface area contributed by atoms with Crippen LogP contribution in [0.15, 0.2) is 53.3 Å². The van der Waals surface area contributed by atoms with Gasteiger partial charge in [0.2, 0.25) is 0 Å². The first-order valence-electron chi connectivity index (χ1n) is 7.56. The summed E-state index contributed by atoms with van der Waals surface area (Å²) in [6.07, 6.45) is 0. The third-order valence-corrected chi connectivity index (χ3v) is 4.17. The van der Waals surface area contributed by atoms with E-state index in [-0.39, 0.29) is 17.8 Å². The van der Waals surface area contributed by atoms with E-state index in [1.165, 1.54) is 10.5 Å². The number of aromatic amines is 1. The predicted molar refractivity (Wildman–Crippen MR) is 91.6 cm³/mol. The number of benzene rings is 2. The lowest BCUT2D eigenvalue weighted by atomic mass is 10.00. The van der Waals surface area contributed by atoms with Gasteiger partial charge in [0.1, 0.15) is 0 Å². The molecule has 2 aromatic heterocycles. The molecule has 7 heteroatoms. The zero-order valence-corrected chi connectivity index (χ0v) is 12.9. The number of aromatic nitrogens is 3. The maximum Gasteiger partial charge on any atom is 0.348 e. The Morgan fingerprint density at radius 1 is 1.12 bits per heavy atom. The first-order valence-corrected chi connectivity index (χ1v) is 7.56. The second kappa shape index (κ2) is 5.57. The molecule has 0 aliphatic carbocycles. The number of rotatable bonds is 3. The highest BCUT2D eigenvalue weighted by atomic mass is 16.4. The van der Waals surface area contributed by atoms with Crippen molar-refractivity contribution >= 4 is 22.5 Å². The van der Waals surface area contributed by atoms with Crippen LogP contribution in [0.5, 0.6) is 0 Å². The van der Waals surface area contributed by atoms with Crippen LogP contribution in [0.2, 0.25) is 0 Å². The molecule has 0 saturated carbocycles. The van der Waals surface area contributed by atoms with Crippen molar-refractivity contribution in [2.75, 3.05) is 0 Å². The molecule has 2 aromatic carbocycles. The van der Waals surface area contributed by atoms with Crippen LogP contribution in [0.4, 0.5) is 0 Å². The van der Waals surface area contributed by atoms with Crippen LogP contribution in [-0.4, -0.2) is 30.8 Å². The molecule has 0 amide bonds. The van der Waals surface area contributed by atoms with Crippen LogP contribution in [0, 0.1) is 0 Å². The molecule has 0 fully saturated rings. The SMILES string of the molecule is O=C(O)c1cc2n[nH]c(=O)n2c2cc(-c3cccc(CO)c3)ccc12. The molecule has 0 spiro atoms. The number of aromatic carboxylic acids is 1. The number of nitrogens with one attached hydrogen (secondary N) is 1. The van der Waals surface area contributed by atoms with E-state index >= 15 is 0 Å². The van der Waals surface area contributed by atoms with Gasteiger partial charge in [-0.1, -0.05) is 30.3 Å². The standard InChI is InChI=1S/C18H13N3O4/c22-9-10-2-1-3-11(6-10)12-4-5-13-14(17(23)24)8-16-19-20-18(25)21(16)15(13)7-12/h1-8,22H,9H2,(H,20,25)(H,23,24). The van der Waals surface area contributed by atoms with Crippen molar-refractivity contribution in [3.63, 3.8) is 0 Å². The van der Waals surface area contributed by atoms with E-state index < -0.39 is 11.7 Å². The van der Waals surface area contributed by atoms with E-state index in [0.29, 0.717) is 10.9 Å². The Morgan fingerprint density at radius 3 is 2.68 bits per heavy atom. The second-order valence-corrected chi connectivity index (χ2v) is 5.68. The summed E-state index contributed by atoms with van der Waals surface area (Å²) in [5.74, 6) is -1.09. The Morgan fingerprint density at radius 2 is 1.92 bits per heavy atom. The van der Waals surface area contributed by atoms with Gasteiger partial charge < -0.3 is 10.2 Å². The zero-order chi connectivity index (χ0) is 17.6. The molecule has 4 aromatic rings. The van der Waals surface area contributed by atoms with Crippen molar-refractivity contribution in [2.24, 2.45) is 0 Å². The largest absolute Gasteiger partial charge is 0.478 e. The fraction of sp³-hybridized carbons (Fsp3) is 0.0556. The molecule has 4 rings (SSSR count). The lowest BCUT2D eigenvalue weighted by Crippen LogP contribution is -2.11. The number of hydrogen-bond donors (Lipinski definition) is 3. The number of fused-ring (bicyclic) bond motifs is 3. The highest BCUT2D eigenvalue weighted by molar-refractivity contribution is 6.04. The number of carboxylic acid groups (broad SMARTS) is 1. The van der Waals surface area contributed by atoms with Gasteiger partial charge >= 0.3 is 11.7 Å². The monoisotopic (exact) mass is 335 g/mol. The second-order valence-electron chi connectivity index (χ2n) is 5.68. The van der Waals surface area contributed by atoms with E-state index in [2.05, 4.69) is 10.2 Å². The van der Waals surface area contributed by atoms with Gasteiger partial charge in [-0.2, -0.15) is 5.10 Å². The Kier molecular flexibility index (Phi) is 3.36. The average Bonchev–Trinajstić information content (AvgIpc) is 3.01. The van der Waals surface area contributed by atoms with E-state index in [9.17, 15) is 19.8 Å². The maximum absolute atomic E-state index is 12.1. The third kappa shape index (κ3) is 2.38. The number of carboxylic acids is 1. The van der Waals surface area contributed by atoms with E-state index in [4.69, 9.17) is 0 Å². The average molecular weight is 335 g/mol. The van der Waals surface area contributed by atoms with Gasteiger partial charge in [0.05, 0.1) is 17.7 Å². The Balaban J connectivity index is 2.07. The molecule has 3 N–H and O–H groups in total. The van der Waals surface area contributed by atoms with Crippen LogP contribution in [0.3, 0.4) is 0 Å². The molecule has 0 bridgehead atoms. The minimum absolute atomic E-state index is 0.0734. The van der Waals surface area contributed by atoms with E-state index in [1.807, 2.05) is 24.3 Å². The number of aliphatic hydroxyl groups excluding tert-OH is 1. The predicted octanol–water partition coefficient (Wildman–Crippen LogP) is 2.03. The Labute approximate surface area is 140 Å². The zero-order valence-electron chi connectivity index (χ0n) is 12.9. The smallest absolute Gasteiger partial charge is 0.348 e. The first-order chi connectivity index (χ1) is 12.1. The summed E-state index contributed by atoms with van der Waals surface area (Å²) in [6, 6.07) is 14.0. The fourth-order valence-electron chi connectivity index (χ4n) is 3.00. The highest BCUT2D eigenvalue weighted by Crippen LogP contribution is 2.27. The van der Waals surface area contributed by atoms with E-state index in [1.54, 1.807) is 18.2 Å². The molecule has 0 aliphatic rings. The van der Waals surface area contributed by atoms with Crippen LogP contribution in [0.25, 0.3) is 27.7 Å². The summed E-state index contributed by atoms with van der Waals surface area (Å²) in [4.78, 5) is 23.6. The Bertz CT molecular complexity index is 1190. The van der Waals surface area contributed by atoms with Crippen molar-refractivity contribution in [2.45, 2.75) is 6.61 Å². The minimum atomic E-state index is -1.09. The van der Waals surface area contributed by atoms with Crippen LogP contribution in [-0.2, 0) is 6.61 Å². The molecule has 0 unspecified atom stereocenters. The quantitative estimate of drug-likeness (QED) is 0.531. The van der Waals surface area contributed by atoms with E-state index in [0.717, 1.165) is 16.7 Å². The molecule has 0 atom stereocenters. The van der Waals surface area contributed by atoms with Crippen molar-refractivity contribution in [3.05, 3.63) is 70.1 Å². The van der Waals surface area contributed by atoms with Gasteiger partial charge in [-0.25, -0.2) is 19.1 Å². The molecule has 124 valence electrons. The molecule has 25 heavy (non-hydrogen) atoms. The normalized spacial score (nSPS) is 11.2. The van der Waals surface area contributed by atoms with Crippen LogP contribution in [0.1, 0.15) is 15.9 Å². The van der Waals surface area contributed by atoms with Crippen molar-refractivity contribution < 1.29 is 15.0 Å². The lowest BCUT2D eigenvalue weighted by molar-refractivity contribution is 0.0699. The molecule has 0 radical (unpaired) electrons. The molecule has 2 heterocycles. The number of pyridine rings is 1. The molecule has 0 saturated heterocycles. The number of aliphatic hydroxyl groups is 1. The fourth-order valence-corrected chi connectivity index (χ4v) is 3.00. The summed E-state index contributed by atoms with van der Waals surface area (Å²) in [7, 11) is 0. The highest BCUT2D eigenvalue weighted by Gasteiger charge is 2.15. The number of nitrogens with zero attached hydrogens (tertiary/aromatic N) is 2. The van der Waals surface area contributed by atoms with Gasteiger partial charge in [-0.05, 0) is 34.9 Å². The topological polar surface area (TPSA) is 108 Å². The van der Waals surface area contributed by atoms with Gasteiger partial charge in [0.25, 0.3) is 0 Å². The van der Waals surface area contributed by atoms with Crippen molar-refractivity contribution in [1.29, 1.82) is 0 Å². The third-order valence-electron chi connectivity index (χ3n) is 4.17. The number of H-pyrrole nitrogens is 1. The van der Waals surface area contributed by atoms with Crippen LogP contribution >= 0.6 is 0 Å². The molecular formula is C18H13N3O4. The molecular weight excluding hydrogens is 322 g/mol. The summed E-state index contributed by atoms with van der Waals surface area (Å²) in [5, 5.41) is 25.4. The van der Waals surface area contributed by atoms with Gasteiger partial charge in [0.15, 0.2) is 5.65 Å². The molecule has 7 nitrogen and oxygen atoms in total. The van der Waals surface area contributed by atoms with Gasteiger partial charge in [-0.15, -0.1) is 0 Å². The van der Waals surface area contributed by atoms with Crippen LogP contribution < -0.4 is 5.69 Å². The summed E-state index contributed by atoms with van der Waals surface area (Å²) < 4.78 is 1.35. The lowest BCUT2D eigenvalue weighted by Gasteiger charge is -2.09. The Hall–Kier alpha value is -3.45. The number of carbonyl (C=O) groups is 1. The molecule has 0 aliphatic heterocycles. The number of hydrogen-bond acceptors (Lipinski definition) is 4. The van der Waals surface area contributed by atoms with Gasteiger partial charge in [0, 0.05) is 5.39 Å². The maximum atomic E-state index is 12.1. The van der Waals surface area contributed by atoms with Crippen molar-refractivity contribution in [3.8, 4) is 11.1 Å². The summed E-state index contributed by atoms with van der Waals surface area (Å²) in [6.45, 7) is -0.0734. The first kappa shape index (κ1) is 15.1.